The van der Waals surface area contributed by atoms with Crippen LogP contribution in [0.5, 0.6) is 0 Å². The van der Waals surface area contributed by atoms with Crippen molar-refractivity contribution in [2.24, 2.45) is 0 Å². The summed E-state index contributed by atoms with van der Waals surface area (Å²) in [5.41, 5.74) is 0. The van der Waals surface area contributed by atoms with E-state index >= 15 is 0 Å². The van der Waals surface area contributed by atoms with Gasteiger partial charge in [-0.15, -0.1) is 0 Å². The van der Waals surface area contributed by atoms with Crippen LogP contribution in [0.3, 0.4) is 0 Å². The van der Waals surface area contributed by atoms with Crippen molar-refractivity contribution in [2.45, 2.75) is 12.3 Å². The van der Waals surface area contributed by atoms with Crippen molar-refractivity contribution in [3.05, 3.63) is 0 Å². The standard InChI is InChI=1S/C9H19N3O2/c1-10(2)9-11(3)7(8(13)14)6-12(9,4)5/h7,9H,6H2,1-5H3/p+1. The van der Waals surface area contributed by atoms with Gasteiger partial charge in [0.1, 0.15) is 6.54 Å². The summed E-state index contributed by atoms with van der Waals surface area (Å²) >= 11 is 0. The molecule has 14 heavy (non-hydrogen) atoms. The molecule has 0 aromatic rings. The highest BCUT2D eigenvalue weighted by molar-refractivity contribution is 5.73. The molecule has 5 heteroatoms. The van der Waals surface area contributed by atoms with Crippen LogP contribution in [0.1, 0.15) is 0 Å². The highest BCUT2D eigenvalue weighted by Gasteiger charge is 2.49. The summed E-state index contributed by atoms with van der Waals surface area (Å²) in [6.07, 6.45) is 0.135. The molecule has 0 spiro atoms. The number of nitrogens with zero attached hydrogens (tertiary/aromatic N) is 3. The van der Waals surface area contributed by atoms with E-state index in [1.165, 1.54) is 0 Å². The van der Waals surface area contributed by atoms with E-state index in [2.05, 4.69) is 19.0 Å². The molecular formula is C9H20N3O2+. The summed E-state index contributed by atoms with van der Waals surface area (Å²) in [7, 11) is 9.95. The Morgan fingerprint density at radius 3 is 2.21 bits per heavy atom. The largest absolute Gasteiger partial charge is 0.480 e. The van der Waals surface area contributed by atoms with Gasteiger partial charge in [0.25, 0.3) is 0 Å². The molecule has 2 atom stereocenters. The van der Waals surface area contributed by atoms with Crippen LogP contribution in [0.4, 0.5) is 0 Å². The molecule has 1 aliphatic heterocycles. The van der Waals surface area contributed by atoms with Gasteiger partial charge in [0.05, 0.1) is 14.1 Å². The predicted molar refractivity (Wildman–Crippen MR) is 53.6 cm³/mol. The van der Waals surface area contributed by atoms with Gasteiger partial charge in [-0.05, 0) is 21.1 Å². The van der Waals surface area contributed by atoms with E-state index in [9.17, 15) is 4.79 Å². The number of hydrogen-bond acceptors (Lipinski definition) is 3. The van der Waals surface area contributed by atoms with Crippen LogP contribution in [0.15, 0.2) is 0 Å². The third-order valence-corrected chi connectivity index (χ3v) is 2.87. The molecule has 0 radical (unpaired) electrons. The van der Waals surface area contributed by atoms with Gasteiger partial charge < -0.3 is 5.11 Å². The van der Waals surface area contributed by atoms with E-state index in [0.29, 0.717) is 11.0 Å². The number of carbonyl (C=O) groups is 1. The molecule has 5 nitrogen and oxygen atoms in total. The van der Waals surface area contributed by atoms with Gasteiger partial charge in [-0.25, -0.2) is 9.80 Å². The van der Waals surface area contributed by atoms with Gasteiger partial charge in [-0.3, -0.25) is 9.28 Å². The maximum atomic E-state index is 11.0. The number of aliphatic carboxylic acids is 1. The Kier molecular flexibility index (Phi) is 2.85. The lowest BCUT2D eigenvalue weighted by molar-refractivity contribution is -0.919. The first-order valence-electron chi connectivity index (χ1n) is 4.71. The summed E-state index contributed by atoms with van der Waals surface area (Å²) in [5, 5.41) is 9.05. The Bertz CT molecular complexity index is 240. The number of carboxylic acids is 1. The van der Waals surface area contributed by atoms with Crippen LogP contribution in [-0.4, -0.2) is 79.5 Å². The van der Waals surface area contributed by atoms with Crippen LogP contribution >= 0.6 is 0 Å². The summed E-state index contributed by atoms with van der Waals surface area (Å²) in [5.74, 6) is -0.733. The van der Waals surface area contributed by atoms with Crippen LogP contribution < -0.4 is 0 Å². The zero-order valence-electron chi connectivity index (χ0n) is 9.56. The van der Waals surface area contributed by atoms with Crippen LogP contribution in [0, 0.1) is 0 Å². The number of quaternary nitrogens is 1. The average Bonchev–Trinajstić information content (AvgIpc) is 2.20. The van der Waals surface area contributed by atoms with Gasteiger partial charge in [0, 0.05) is 0 Å². The molecule has 1 rings (SSSR count). The average molecular weight is 202 g/mol. The third kappa shape index (κ3) is 1.75. The predicted octanol–water partition coefficient (Wildman–Crippen LogP) is -0.693. The van der Waals surface area contributed by atoms with Crippen LogP contribution in [-0.2, 0) is 4.79 Å². The van der Waals surface area contributed by atoms with Gasteiger partial charge >= 0.3 is 5.97 Å². The minimum absolute atomic E-state index is 0.135. The van der Waals surface area contributed by atoms with Crippen molar-refractivity contribution in [3.8, 4) is 0 Å². The van der Waals surface area contributed by atoms with E-state index in [-0.39, 0.29) is 12.3 Å². The number of carboxylic acid groups (broad SMARTS) is 1. The van der Waals surface area contributed by atoms with Crippen molar-refractivity contribution in [1.82, 2.24) is 9.80 Å². The molecule has 1 saturated heterocycles. The Morgan fingerprint density at radius 1 is 1.50 bits per heavy atom. The summed E-state index contributed by atoms with van der Waals surface area (Å²) < 4.78 is 0.695. The lowest BCUT2D eigenvalue weighted by Gasteiger charge is -2.36. The van der Waals surface area contributed by atoms with Crippen LogP contribution in [0.2, 0.25) is 0 Å². The lowest BCUT2D eigenvalue weighted by atomic mass is 10.3. The highest BCUT2D eigenvalue weighted by atomic mass is 16.4. The molecule has 0 aromatic carbocycles. The van der Waals surface area contributed by atoms with Gasteiger partial charge in [-0.2, -0.15) is 0 Å². The normalized spacial score (nSPS) is 32.4. The Labute approximate surface area is 85.1 Å². The minimum atomic E-state index is -0.733. The van der Waals surface area contributed by atoms with E-state index in [1.54, 1.807) is 0 Å². The molecule has 0 bridgehead atoms. The number of likely N-dealkylation sites (N-methyl/N-ethyl adjacent to an activating group) is 2. The number of hydrogen-bond donors (Lipinski definition) is 1. The Hall–Kier alpha value is -0.650. The lowest BCUT2D eigenvalue weighted by Crippen LogP contribution is -2.56. The molecule has 0 aliphatic carbocycles. The van der Waals surface area contributed by atoms with E-state index in [4.69, 9.17) is 5.11 Å². The molecule has 2 unspecified atom stereocenters. The van der Waals surface area contributed by atoms with E-state index in [0.717, 1.165) is 0 Å². The first kappa shape index (κ1) is 11.4. The summed E-state index contributed by atoms with van der Waals surface area (Å²) in [6, 6.07) is -0.377. The van der Waals surface area contributed by atoms with E-state index < -0.39 is 5.97 Å². The molecule has 1 heterocycles. The SMILES string of the molecule is CN(C)C1N(C)C(C(=O)O)C[N+]1(C)C. The topological polar surface area (TPSA) is 43.8 Å². The highest BCUT2D eigenvalue weighted by Crippen LogP contribution is 2.24. The molecule has 0 saturated carbocycles. The van der Waals surface area contributed by atoms with Gasteiger partial charge in [0.2, 0.25) is 6.29 Å². The van der Waals surface area contributed by atoms with Gasteiger partial charge in [0.15, 0.2) is 6.04 Å². The zero-order valence-corrected chi connectivity index (χ0v) is 9.56. The Morgan fingerprint density at radius 2 is 2.00 bits per heavy atom. The maximum absolute atomic E-state index is 11.0. The quantitative estimate of drug-likeness (QED) is 0.602. The first-order valence-corrected chi connectivity index (χ1v) is 4.71. The first-order chi connectivity index (χ1) is 6.27. The molecular weight excluding hydrogens is 182 g/mol. The zero-order chi connectivity index (χ0) is 11.1. The van der Waals surface area contributed by atoms with Crippen molar-refractivity contribution < 1.29 is 14.4 Å². The maximum Gasteiger partial charge on any atom is 0.327 e. The molecule has 1 fully saturated rings. The second-order valence-corrected chi connectivity index (χ2v) is 4.79. The fraction of sp³-hybridized carbons (Fsp3) is 0.889. The van der Waals surface area contributed by atoms with E-state index in [1.807, 2.05) is 26.0 Å². The van der Waals surface area contributed by atoms with Crippen molar-refractivity contribution >= 4 is 5.97 Å². The number of rotatable bonds is 2. The third-order valence-electron chi connectivity index (χ3n) is 2.87. The molecule has 1 N–H and O–H groups in total. The van der Waals surface area contributed by atoms with Gasteiger partial charge in [-0.1, -0.05) is 0 Å². The fourth-order valence-electron chi connectivity index (χ4n) is 2.56. The molecule has 0 aromatic heterocycles. The second kappa shape index (κ2) is 3.49. The summed E-state index contributed by atoms with van der Waals surface area (Å²) in [6.45, 7) is 0.648. The van der Waals surface area contributed by atoms with Crippen LogP contribution in [0.25, 0.3) is 0 Å². The monoisotopic (exact) mass is 202 g/mol. The van der Waals surface area contributed by atoms with Crippen molar-refractivity contribution in [3.63, 3.8) is 0 Å². The van der Waals surface area contributed by atoms with Crippen molar-refractivity contribution in [1.29, 1.82) is 0 Å². The Balaban J connectivity index is 2.91. The second-order valence-electron chi connectivity index (χ2n) is 4.79. The summed E-state index contributed by atoms with van der Waals surface area (Å²) in [4.78, 5) is 15.0. The smallest absolute Gasteiger partial charge is 0.327 e. The molecule has 82 valence electrons. The molecule has 0 amide bonds. The minimum Gasteiger partial charge on any atom is -0.480 e. The van der Waals surface area contributed by atoms with Crippen molar-refractivity contribution in [2.75, 3.05) is 41.8 Å². The molecule has 1 aliphatic rings. The fourth-order valence-corrected chi connectivity index (χ4v) is 2.56.